The Labute approximate surface area is 120 Å². The van der Waals surface area contributed by atoms with Crippen LogP contribution in [0.1, 0.15) is 5.56 Å². The van der Waals surface area contributed by atoms with Crippen molar-refractivity contribution in [3.63, 3.8) is 0 Å². The number of nitriles is 1. The molecule has 108 valence electrons. The van der Waals surface area contributed by atoms with Crippen LogP contribution in [0.4, 0.5) is 5.69 Å². The van der Waals surface area contributed by atoms with Crippen LogP contribution in [0.15, 0.2) is 41.6 Å². The molecule has 0 saturated carbocycles. The fraction of sp³-hybridized carbons (Fsp3) is 0.0833. The molecule has 21 heavy (non-hydrogen) atoms. The monoisotopic (exact) mass is 306 g/mol. The van der Waals surface area contributed by atoms with Crippen molar-refractivity contribution in [2.45, 2.75) is 11.4 Å². The highest BCUT2D eigenvalue weighted by atomic mass is 32.2. The Balaban J connectivity index is 2.23. The van der Waals surface area contributed by atoms with Crippen LogP contribution in [0.5, 0.6) is 0 Å². The maximum Gasteiger partial charge on any atom is 0.325 e. The minimum Gasteiger partial charge on any atom is -0.480 e. The molecule has 9 heteroatoms. The number of benzene rings is 1. The van der Waals surface area contributed by atoms with Crippen LogP contribution < -0.4 is 4.72 Å². The van der Waals surface area contributed by atoms with Gasteiger partial charge in [-0.05, 0) is 18.2 Å². The molecule has 0 aliphatic rings. The highest BCUT2D eigenvalue weighted by Gasteiger charge is 2.16. The molecule has 8 nitrogen and oxygen atoms in total. The van der Waals surface area contributed by atoms with Gasteiger partial charge in [0.25, 0.3) is 10.0 Å². The summed E-state index contributed by atoms with van der Waals surface area (Å²) in [5.74, 6) is -1.09. The fourth-order valence-electron chi connectivity index (χ4n) is 1.59. The molecule has 0 fully saturated rings. The molecule has 1 heterocycles. The molecule has 1 aromatic carbocycles. The van der Waals surface area contributed by atoms with E-state index >= 15 is 0 Å². The number of hydrogen-bond acceptors (Lipinski definition) is 5. The number of nitrogens with zero attached hydrogens (tertiary/aromatic N) is 3. The number of nitrogens with one attached hydrogen (secondary N) is 1. The lowest BCUT2D eigenvalue weighted by Gasteiger charge is -2.05. The molecule has 0 aliphatic carbocycles. The van der Waals surface area contributed by atoms with E-state index < -0.39 is 16.0 Å². The summed E-state index contributed by atoms with van der Waals surface area (Å²) in [5, 5.41) is 21.1. The molecule has 0 amide bonds. The number of carboxylic acid groups (broad SMARTS) is 1. The Bertz CT molecular complexity index is 820. The molecular formula is C12H10N4O4S. The molecule has 0 aliphatic heterocycles. The average molecular weight is 306 g/mol. The summed E-state index contributed by atoms with van der Waals surface area (Å²) < 4.78 is 27.6. The summed E-state index contributed by atoms with van der Waals surface area (Å²) in [6, 6.07) is 7.40. The summed E-state index contributed by atoms with van der Waals surface area (Å²) in [6.07, 6.45) is 2.47. The van der Waals surface area contributed by atoms with E-state index in [0.29, 0.717) is 0 Å². The van der Waals surface area contributed by atoms with Crippen LogP contribution in [-0.4, -0.2) is 29.3 Å². The van der Waals surface area contributed by atoms with Crippen molar-refractivity contribution in [2.75, 3.05) is 4.72 Å². The summed E-state index contributed by atoms with van der Waals surface area (Å²) >= 11 is 0. The second-order valence-electron chi connectivity index (χ2n) is 4.07. The third-order valence-electron chi connectivity index (χ3n) is 2.46. The first kappa shape index (κ1) is 14.5. The normalized spacial score (nSPS) is 10.8. The van der Waals surface area contributed by atoms with Crippen molar-refractivity contribution in [1.82, 2.24) is 9.78 Å². The highest BCUT2D eigenvalue weighted by Crippen LogP contribution is 2.16. The number of anilines is 1. The van der Waals surface area contributed by atoms with Crippen molar-refractivity contribution < 1.29 is 18.3 Å². The van der Waals surface area contributed by atoms with E-state index in [1.54, 1.807) is 0 Å². The topological polar surface area (TPSA) is 125 Å². The van der Waals surface area contributed by atoms with Gasteiger partial charge in [0.2, 0.25) is 0 Å². The maximum absolute atomic E-state index is 12.1. The minimum atomic E-state index is -3.86. The first-order valence-electron chi connectivity index (χ1n) is 5.68. The first-order chi connectivity index (χ1) is 9.90. The Kier molecular flexibility index (Phi) is 3.91. The fourth-order valence-corrected chi connectivity index (χ4v) is 2.66. The number of rotatable bonds is 5. The molecule has 0 spiro atoms. The van der Waals surface area contributed by atoms with E-state index in [1.165, 1.54) is 36.7 Å². The van der Waals surface area contributed by atoms with Crippen molar-refractivity contribution in [3.8, 4) is 6.07 Å². The van der Waals surface area contributed by atoms with Crippen molar-refractivity contribution in [3.05, 3.63) is 42.2 Å². The summed E-state index contributed by atoms with van der Waals surface area (Å²) in [6.45, 7) is -0.369. The molecule has 2 rings (SSSR count). The van der Waals surface area contributed by atoms with Crippen molar-refractivity contribution in [1.29, 1.82) is 5.26 Å². The summed E-state index contributed by atoms with van der Waals surface area (Å²) in [4.78, 5) is 10.5. The standard InChI is InChI=1S/C12H10N4O4S/c13-5-9-2-1-3-11(4-9)21(19,20)15-10-6-14-16(7-10)8-12(17)18/h1-4,6-7,15H,8H2,(H,17,18). The number of aromatic nitrogens is 2. The number of sulfonamides is 1. The van der Waals surface area contributed by atoms with E-state index in [9.17, 15) is 13.2 Å². The van der Waals surface area contributed by atoms with Gasteiger partial charge in [0, 0.05) is 6.20 Å². The Morgan fingerprint density at radius 1 is 1.48 bits per heavy atom. The van der Waals surface area contributed by atoms with Gasteiger partial charge in [0.15, 0.2) is 0 Å². The molecular weight excluding hydrogens is 296 g/mol. The van der Waals surface area contributed by atoms with Gasteiger partial charge in [-0.25, -0.2) is 8.42 Å². The molecule has 0 unspecified atom stereocenters. The van der Waals surface area contributed by atoms with Gasteiger partial charge in [-0.3, -0.25) is 14.2 Å². The molecule has 2 aromatic rings. The van der Waals surface area contributed by atoms with Gasteiger partial charge in [-0.15, -0.1) is 0 Å². The number of hydrogen-bond donors (Lipinski definition) is 2. The first-order valence-corrected chi connectivity index (χ1v) is 7.16. The van der Waals surface area contributed by atoms with Crippen LogP contribution in [0.25, 0.3) is 0 Å². The van der Waals surface area contributed by atoms with Gasteiger partial charge >= 0.3 is 5.97 Å². The van der Waals surface area contributed by atoms with Crippen molar-refractivity contribution in [2.24, 2.45) is 0 Å². The Morgan fingerprint density at radius 3 is 2.90 bits per heavy atom. The summed E-state index contributed by atoms with van der Waals surface area (Å²) in [7, 11) is -3.86. The third kappa shape index (κ3) is 3.58. The van der Waals surface area contributed by atoms with Crippen LogP contribution >= 0.6 is 0 Å². The highest BCUT2D eigenvalue weighted by molar-refractivity contribution is 7.92. The van der Waals surface area contributed by atoms with E-state index in [1.807, 2.05) is 6.07 Å². The minimum absolute atomic E-state index is 0.0625. The van der Waals surface area contributed by atoms with Crippen LogP contribution in [0.2, 0.25) is 0 Å². The summed E-state index contributed by atoms with van der Waals surface area (Å²) in [5.41, 5.74) is 0.359. The van der Waals surface area contributed by atoms with E-state index in [0.717, 1.165) is 4.68 Å². The predicted molar refractivity (Wildman–Crippen MR) is 71.8 cm³/mol. The molecule has 0 radical (unpaired) electrons. The number of carboxylic acids is 1. The van der Waals surface area contributed by atoms with Crippen LogP contribution in [0, 0.1) is 11.3 Å². The van der Waals surface area contributed by atoms with Crippen LogP contribution in [0.3, 0.4) is 0 Å². The van der Waals surface area contributed by atoms with E-state index in [-0.39, 0.29) is 22.7 Å². The molecule has 1 aromatic heterocycles. The second kappa shape index (κ2) is 5.64. The zero-order chi connectivity index (χ0) is 15.5. The third-order valence-corrected chi connectivity index (χ3v) is 3.84. The van der Waals surface area contributed by atoms with Gasteiger partial charge in [-0.1, -0.05) is 6.07 Å². The maximum atomic E-state index is 12.1. The lowest BCUT2D eigenvalue weighted by atomic mass is 10.2. The average Bonchev–Trinajstić information content (AvgIpc) is 2.84. The zero-order valence-corrected chi connectivity index (χ0v) is 11.4. The predicted octanol–water partition coefficient (Wildman–Crippen LogP) is 0.640. The van der Waals surface area contributed by atoms with E-state index in [4.69, 9.17) is 10.4 Å². The SMILES string of the molecule is N#Cc1cccc(S(=O)(=O)Nc2cnn(CC(=O)O)c2)c1. The lowest BCUT2D eigenvalue weighted by Crippen LogP contribution is -2.13. The zero-order valence-electron chi connectivity index (χ0n) is 10.6. The number of aliphatic carboxylic acids is 1. The molecule has 0 saturated heterocycles. The van der Waals surface area contributed by atoms with Gasteiger partial charge < -0.3 is 5.11 Å². The number of carbonyl (C=O) groups is 1. The molecule has 0 bridgehead atoms. The Hall–Kier alpha value is -2.86. The lowest BCUT2D eigenvalue weighted by molar-refractivity contribution is -0.137. The molecule has 2 N–H and O–H groups in total. The second-order valence-corrected chi connectivity index (χ2v) is 5.75. The quantitative estimate of drug-likeness (QED) is 0.835. The largest absolute Gasteiger partial charge is 0.480 e. The molecule has 0 atom stereocenters. The van der Waals surface area contributed by atoms with Gasteiger partial charge in [-0.2, -0.15) is 10.4 Å². The van der Waals surface area contributed by atoms with E-state index in [2.05, 4.69) is 9.82 Å². The van der Waals surface area contributed by atoms with Gasteiger partial charge in [0.1, 0.15) is 6.54 Å². The smallest absolute Gasteiger partial charge is 0.325 e. The van der Waals surface area contributed by atoms with Crippen molar-refractivity contribution >= 4 is 21.7 Å². The van der Waals surface area contributed by atoms with Crippen LogP contribution in [-0.2, 0) is 21.4 Å². The van der Waals surface area contributed by atoms with Gasteiger partial charge in [0.05, 0.1) is 28.4 Å². The Morgan fingerprint density at radius 2 is 2.24 bits per heavy atom.